The first-order chi connectivity index (χ1) is 14.3. The van der Waals surface area contributed by atoms with E-state index in [1.54, 1.807) is 0 Å². The van der Waals surface area contributed by atoms with Crippen LogP contribution in [0.4, 0.5) is 0 Å². The maximum Gasteiger partial charge on any atom is 0.359 e. The van der Waals surface area contributed by atoms with Crippen LogP contribution >= 0.6 is 0 Å². The van der Waals surface area contributed by atoms with E-state index in [0.29, 0.717) is 6.42 Å². The van der Waals surface area contributed by atoms with Gasteiger partial charge in [-0.15, -0.1) is 0 Å². The van der Waals surface area contributed by atoms with E-state index < -0.39 is 42.0 Å². The summed E-state index contributed by atoms with van der Waals surface area (Å²) in [5.41, 5.74) is 0. The number of carboxylic acid groups (broad SMARTS) is 3. The minimum atomic E-state index is -1.18. The Kier molecular flexibility index (Phi) is 16.8. The molecular weight excluding hydrogens is 386 g/mol. The largest absolute Gasteiger partial charge is 0.477 e. The molecule has 0 fully saturated rings. The van der Waals surface area contributed by atoms with Crippen molar-refractivity contribution in [2.75, 3.05) is 26.2 Å². The highest BCUT2D eigenvalue weighted by Crippen LogP contribution is 2.13. The first kappa shape index (κ1) is 28.1. The van der Waals surface area contributed by atoms with E-state index in [2.05, 4.69) is 19.1 Å². The second kappa shape index (κ2) is 17.9. The number of unbranched alkanes of at least 4 members (excludes halogenated alkanes) is 11. The first-order valence-corrected chi connectivity index (χ1v) is 11.5. The number of rotatable bonds is 21. The molecule has 0 saturated carbocycles. The Morgan fingerprint density at radius 1 is 0.600 bits per heavy atom. The Morgan fingerprint density at radius 2 is 0.967 bits per heavy atom. The Labute approximate surface area is 181 Å². The van der Waals surface area contributed by atoms with E-state index in [4.69, 9.17) is 15.3 Å². The number of quaternary nitrogens is 1. The van der Waals surface area contributed by atoms with Crippen molar-refractivity contribution < 1.29 is 34.2 Å². The fourth-order valence-electron chi connectivity index (χ4n) is 3.78. The second-order valence-corrected chi connectivity index (χ2v) is 8.31. The van der Waals surface area contributed by atoms with Crippen molar-refractivity contribution in [1.29, 1.82) is 0 Å². The SMILES string of the molecule is CCCCCCCCCC/C=C/CCCCC[N+](CC(=O)O)(CC(=O)O)CC(=O)O. The third-order valence-electron chi connectivity index (χ3n) is 5.31. The van der Waals surface area contributed by atoms with Gasteiger partial charge in [0.2, 0.25) is 0 Å². The van der Waals surface area contributed by atoms with E-state index in [1.165, 1.54) is 51.4 Å². The Balaban J connectivity index is 4.00. The van der Waals surface area contributed by atoms with Gasteiger partial charge in [-0.3, -0.25) is 4.48 Å². The third kappa shape index (κ3) is 17.0. The van der Waals surface area contributed by atoms with E-state index in [-0.39, 0.29) is 6.54 Å². The summed E-state index contributed by atoms with van der Waals surface area (Å²) in [6, 6.07) is 0. The van der Waals surface area contributed by atoms with Crippen molar-refractivity contribution in [1.82, 2.24) is 0 Å². The second-order valence-electron chi connectivity index (χ2n) is 8.31. The van der Waals surface area contributed by atoms with Crippen LogP contribution in [-0.2, 0) is 14.4 Å². The van der Waals surface area contributed by atoms with Crippen LogP contribution < -0.4 is 0 Å². The highest BCUT2D eigenvalue weighted by atomic mass is 16.4. The van der Waals surface area contributed by atoms with Gasteiger partial charge in [0.25, 0.3) is 0 Å². The molecule has 0 aliphatic carbocycles. The molecule has 0 spiro atoms. The molecule has 0 aromatic rings. The van der Waals surface area contributed by atoms with Crippen molar-refractivity contribution in [3.63, 3.8) is 0 Å². The molecule has 0 heterocycles. The van der Waals surface area contributed by atoms with Gasteiger partial charge in [-0.25, -0.2) is 14.4 Å². The summed E-state index contributed by atoms with van der Waals surface area (Å²) >= 11 is 0. The van der Waals surface area contributed by atoms with Gasteiger partial charge in [0.15, 0.2) is 19.6 Å². The summed E-state index contributed by atoms with van der Waals surface area (Å²) < 4.78 is -0.450. The highest BCUT2D eigenvalue weighted by molar-refractivity contribution is 5.73. The molecule has 0 rings (SSSR count). The summed E-state index contributed by atoms with van der Waals surface area (Å²) in [6.07, 6.45) is 19.3. The standard InChI is InChI=1S/C23H41NO6/c1-2-3-4-5-6-7-8-9-10-11-12-13-14-15-16-17-24(18-21(25)26,19-22(27)28)20-23(29)30/h11-12H,2-10,13-20H2,1H3,(H2-,25,26,27,28,29,30)/p+1/b12-11+. The van der Waals surface area contributed by atoms with Crippen LogP contribution in [0.15, 0.2) is 12.2 Å². The van der Waals surface area contributed by atoms with Crippen LogP contribution in [-0.4, -0.2) is 63.9 Å². The van der Waals surface area contributed by atoms with Crippen molar-refractivity contribution in [2.24, 2.45) is 0 Å². The molecule has 7 nitrogen and oxygen atoms in total. The quantitative estimate of drug-likeness (QED) is 0.139. The molecule has 0 unspecified atom stereocenters. The third-order valence-corrected chi connectivity index (χ3v) is 5.31. The number of aliphatic carboxylic acids is 3. The Bertz CT molecular complexity index is 477. The lowest BCUT2D eigenvalue weighted by Gasteiger charge is -2.34. The monoisotopic (exact) mass is 428 g/mol. The lowest BCUT2D eigenvalue weighted by Crippen LogP contribution is -2.57. The number of hydrogen-bond acceptors (Lipinski definition) is 3. The van der Waals surface area contributed by atoms with Crippen molar-refractivity contribution in [2.45, 2.75) is 90.4 Å². The zero-order valence-electron chi connectivity index (χ0n) is 18.7. The number of carboxylic acids is 3. The molecular formula is C23H42NO6+. The Hall–Kier alpha value is -1.89. The zero-order chi connectivity index (χ0) is 22.7. The van der Waals surface area contributed by atoms with Gasteiger partial charge in [0, 0.05) is 0 Å². The molecule has 3 N–H and O–H groups in total. The molecule has 0 aliphatic rings. The summed E-state index contributed by atoms with van der Waals surface area (Å²) in [5, 5.41) is 27.3. The Morgan fingerprint density at radius 3 is 1.37 bits per heavy atom. The van der Waals surface area contributed by atoms with E-state index in [0.717, 1.165) is 25.7 Å². The van der Waals surface area contributed by atoms with E-state index in [1.807, 2.05) is 0 Å². The average molecular weight is 429 g/mol. The van der Waals surface area contributed by atoms with Crippen LogP contribution in [0.5, 0.6) is 0 Å². The minimum absolute atomic E-state index is 0.243. The minimum Gasteiger partial charge on any atom is -0.477 e. The summed E-state index contributed by atoms with van der Waals surface area (Å²) in [5.74, 6) is -3.54. The van der Waals surface area contributed by atoms with Crippen LogP contribution in [0.1, 0.15) is 90.4 Å². The molecule has 0 aliphatic heterocycles. The molecule has 0 aromatic carbocycles. The van der Waals surface area contributed by atoms with Gasteiger partial charge in [-0.1, -0.05) is 64.0 Å². The average Bonchev–Trinajstić information content (AvgIpc) is 2.63. The van der Waals surface area contributed by atoms with Crippen LogP contribution in [0.25, 0.3) is 0 Å². The van der Waals surface area contributed by atoms with Gasteiger partial charge in [0.1, 0.15) is 0 Å². The lowest BCUT2D eigenvalue weighted by atomic mass is 10.1. The zero-order valence-corrected chi connectivity index (χ0v) is 18.7. The van der Waals surface area contributed by atoms with Gasteiger partial charge < -0.3 is 15.3 Å². The molecule has 0 bridgehead atoms. The molecule has 7 heteroatoms. The summed E-state index contributed by atoms with van der Waals surface area (Å²) in [7, 11) is 0. The van der Waals surface area contributed by atoms with Crippen molar-refractivity contribution >= 4 is 17.9 Å². The molecule has 174 valence electrons. The molecule has 0 radical (unpaired) electrons. The highest BCUT2D eigenvalue weighted by Gasteiger charge is 2.35. The molecule has 30 heavy (non-hydrogen) atoms. The fraction of sp³-hybridized carbons (Fsp3) is 0.783. The number of allylic oxidation sites excluding steroid dienone is 2. The maximum absolute atomic E-state index is 11.1. The molecule has 0 atom stereocenters. The van der Waals surface area contributed by atoms with Crippen molar-refractivity contribution in [3.05, 3.63) is 12.2 Å². The maximum atomic E-state index is 11.1. The van der Waals surface area contributed by atoms with Crippen molar-refractivity contribution in [3.8, 4) is 0 Å². The number of hydrogen-bond donors (Lipinski definition) is 3. The predicted octanol–water partition coefficient (Wildman–Crippen LogP) is 4.70. The van der Waals surface area contributed by atoms with Gasteiger partial charge in [0.05, 0.1) is 6.54 Å². The van der Waals surface area contributed by atoms with Gasteiger partial charge in [-0.05, 0) is 38.5 Å². The van der Waals surface area contributed by atoms with Crippen LogP contribution in [0, 0.1) is 0 Å². The van der Waals surface area contributed by atoms with Gasteiger partial charge in [-0.2, -0.15) is 0 Å². The van der Waals surface area contributed by atoms with Crippen LogP contribution in [0.2, 0.25) is 0 Å². The molecule has 0 amide bonds. The summed E-state index contributed by atoms with van der Waals surface area (Å²) in [6.45, 7) is 1.01. The topological polar surface area (TPSA) is 112 Å². The molecule has 0 aromatic heterocycles. The smallest absolute Gasteiger partial charge is 0.359 e. The van der Waals surface area contributed by atoms with E-state index >= 15 is 0 Å². The normalized spacial score (nSPS) is 11.8. The van der Waals surface area contributed by atoms with E-state index in [9.17, 15) is 14.4 Å². The number of carbonyl (C=O) groups is 3. The number of nitrogens with zero attached hydrogens (tertiary/aromatic N) is 1. The van der Waals surface area contributed by atoms with Gasteiger partial charge >= 0.3 is 17.9 Å². The summed E-state index contributed by atoms with van der Waals surface area (Å²) in [4.78, 5) is 33.4. The first-order valence-electron chi connectivity index (χ1n) is 11.5. The predicted molar refractivity (Wildman–Crippen MR) is 117 cm³/mol. The molecule has 0 saturated heterocycles. The lowest BCUT2D eigenvalue weighted by molar-refractivity contribution is -0.907. The van der Waals surface area contributed by atoms with Crippen LogP contribution in [0.3, 0.4) is 0 Å². The fourth-order valence-corrected chi connectivity index (χ4v) is 3.78.